The lowest BCUT2D eigenvalue weighted by atomic mass is 9.71. The van der Waals surface area contributed by atoms with Gasteiger partial charge in [-0.05, 0) is 39.0 Å². The van der Waals surface area contributed by atoms with Gasteiger partial charge in [0.15, 0.2) is 0 Å². The number of hydrogen-bond acceptors (Lipinski definition) is 6. The van der Waals surface area contributed by atoms with Crippen molar-refractivity contribution in [3.05, 3.63) is 23.9 Å². The van der Waals surface area contributed by atoms with Crippen LogP contribution in [-0.4, -0.2) is 58.2 Å². The van der Waals surface area contributed by atoms with E-state index < -0.39 is 6.10 Å². The second-order valence-corrected chi connectivity index (χ2v) is 8.33. The van der Waals surface area contributed by atoms with Crippen molar-refractivity contribution < 1.29 is 9.90 Å². The van der Waals surface area contributed by atoms with Gasteiger partial charge >= 0.3 is 0 Å². The number of rotatable bonds is 2. The SMILES string of the molecule is Cc1cnc(N2CC[C@@H](O)[C@]3(CCCN(C(=O)C4CC=CC4)C3)C2)nc1N. The number of aryl methyl sites for hydroxylation is 1. The molecule has 2 atom stereocenters. The average molecular weight is 371 g/mol. The molecule has 1 amide bonds. The van der Waals surface area contributed by atoms with E-state index in [-0.39, 0.29) is 17.2 Å². The molecule has 4 rings (SSSR count). The molecule has 1 aromatic rings. The van der Waals surface area contributed by atoms with Crippen LogP contribution < -0.4 is 10.6 Å². The molecule has 0 radical (unpaired) electrons. The molecule has 3 N–H and O–H groups in total. The summed E-state index contributed by atoms with van der Waals surface area (Å²) in [7, 11) is 0. The van der Waals surface area contributed by atoms with Crippen molar-refractivity contribution in [2.75, 3.05) is 36.8 Å². The van der Waals surface area contributed by atoms with Crippen LogP contribution in [0.15, 0.2) is 18.3 Å². The van der Waals surface area contributed by atoms with E-state index in [0.29, 0.717) is 37.8 Å². The Hall–Kier alpha value is -2.15. The van der Waals surface area contributed by atoms with E-state index in [4.69, 9.17) is 5.73 Å². The minimum Gasteiger partial charge on any atom is -0.392 e. The molecule has 1 spiro atoms. The Morgan fingerprint density at radius 2 is 2.07 bits per heavy atom. The third kappa shape index (κ3) is 3.40. The lowest BCUT2D eigenvalue weighted by Crippen LogP contribution is -2.60. The molecule has 0 aromatic carbocycles. The number of allylic oxidation sites excluding steroid dienone is 2. The molecule has 1 aliphatic carbocycles. The van der Waals surface area contributed by atoms with Gasteiger partial charge in [0.1, 0.15) is 5.82 Å². The maximum Gasteiger partial charge on any atom is 0.227 e. The highest BCUT2D eigenvalue weighted by Gasteiger charge is 2.47. The first-order valence-electron chi connectivity index (χ1n) is 9.94. The van der Waals surface area contributed by atoms with Gasteiger partial charge in [0.2, 0.25) is 11.9 Å². The normalized spacial score (nSPS) is 28.9. The fourth-order valence-corrected chi connectivity index (χ4v) is 4.74. The zero-order valence-electron chi connectivity index (χ0n) is 16.0. The monoisotopic (exact) mass is 371 g/mol. The predicted octanol–water partition coefficient (Wildman–Crippen LogP) is 1.51. The van der Waals surface area contributed by atoms with E-state index in [1.165, 1.54) is 0 Å². The van der Waals surface area contributed by atoms with Crippen molar-refractivity contribution in [1.82, 2.24) is 14.9 Å². The number of aromatic nitrogens is 2. The summed E-state index contributed by atoms with van der Waals surface area (Å²) < 4.78 is 0. The number of amides is 1. The van der Waals surface area contributed by atoms with Crippen LogP contribution in [-0.2, 0) is 4.79 Å². The molecule has 0 unspecified atom stereocenters. The third-order valence-electron chi connectivity index (χ3n) is 6.44. The van der Waals surface area contributed by atoms with E-state index in [1.54, 1.807) is 6.20 Å². The van der Waals surface area contributed by atoms with Crippen molar-refractivity contribution in [3.63, 3.8) is 0 Å². The molecular formula is C20H29N5O2. The number of nitrogen functional groups attached to an aromatic ring is 1. The lowest BCUT2D eigenvalue weighted by molar-refractivity contribution is -0.141. The first-order valence-corrected chi connectivity index (χ1v) is 9.94. The molecule has 0 saturated carbocycles. The van der Waals surface area contributed by atoms with E-state index in [9.17, 15) is 9.90 Å². The number of carbonyl (C=O) groups excluding carboxylic acids is 1. The number of aliphatic hydroxyl groups is 1. The highest BCUT2D eigenvalue weighted by atomic mass is 16.3. The van der Waals surface area contributed by atoms with Gasteiger partial charge in [-0.1, -0.05) is 12.2 Å². The number of aliphatic hydroxyl groups excluding tert-OH is 1. The zero-order valence-corrected chi connectivity index (χ0v) is 16.0. The highest BCUT2D eigenvalue weighted by molar-refractivity contribution is 5.79. The van der Waals surface area contributed by atoms with Gasteiger partial charge in [-0.2, -0.15) is 4.98 Å². The summed E-state index contributed by atoms with van der Waals surface area (Å²) in [5.41, 5.74) is 6.52. The summed E-state index contributed by atoms with van der Waals surface area (Å²) >= 11 is 0. The molecular weight excluding hydrogens is 342 g/mol. The molecule has 3 aliphatic rings. The van der Waals surface area contributed by atoms with Crippen molar-refractivity contribution in [2.24, 2.45) is 11.3 Å². The maximum absolute atomic E-state index is 12.9. The fraction of sp³-hybridized carbons (Fsp3) is 0.650. The van der Waals surface area contributed by atoms with Crippen molar-refractivity contribution >= 4 is 17.7 Å². The van der Waals surface area contributed by atoms with E-state index in [0.717, 1.165) is 37.8 Å². The topological polar surface area (TPSA) is 95.6 Å². The molecule has 7 nitrogen and oxygen atoms in total. The number of anilines is 2. The van der Waals surface area contributed by atoms with Gasteiger partial charge in [0.25, 0.3) is 0 Å². The van der Waals surface area contributed by atoms with Crippen molar-refractivity contribution in [1.29, 1.82) is 0 Å². The second-order valence-electron chi connectivity index (χ2n) is 8.33. The zero-order chi connectivity index (χ0) is 19.0. The predicted molar refractivity (Wildman–Crippen MR) is 104 cm³/mol. The summed E-state index contributed by atoms with van der Waals surface area (Å²) in [5, 5.41) is 10.9. The summed E-state index contributed by atoms with van der Waals surface area (Å²) in [4.78, 5) is 25.9. The number of carbonyl (C=O) groups is 1. The van der Waals surface area contributed by atoms with E-state index in [1.807, 2.05) is 11.8 Å². The quantitative estimate of drug-likeness (QED) is 0.765. The molecule has 146 valence electrons. The van der Waals surface area contributed by atoms with Crippen molar-refractivity contribution in [3.8, 4) is 0 Å². The third-order valence-corrected chi connectivity index (χ3v) is 6.44. The minimum absolute atomic E-state index is 0.0808. The molecule has 2 saturated heterocycles. The minimum atomic E-state index is -0.408. The van der Waals surface area contributed by atoms with E-state index >= 15 is 0 Å². The maximum atomic E-state index is 12.9. The summed E-state index contributed by atoms with van der Waals surface area (Å²) in [6, 6.07) is 0. The molecule has 3 heterocycles. The van der Waals surface area contributed by atoms with Crippen LogP contribution in [0.5, 0.6) is 0 Å². The first kappa shape index (κ1) is 18.2. The summed E-state index contributed by atoms with van der Waals surface area (Å²) in [5.74, 6) is 1.43. The summed E-state index contributed by atoms with van der Waals surface area (Å²) in [6.45, 7) is 4.65. The van der Waals surface area contributed by atoms with Crippen LogP contribution in [0.2, 0.25) is 0 Å². The Bertz CT molecular complexity index is 744. The Morgan fingerprint density at radius 1 is 1.30 bits per heavy atom. The standard InChI is InChI=1S/C20H29N5O2/c1-14-11-22-19(23-17(14)21)25-10-7-16(26)20(13-25)8-4-9-24(12-20)18(27)15-5-2-3-6-15/h2-3,11,15-16,26H,4-10,12-13H2,1H3,(H2,21,22,23)/t16-,20+/m1/s1. The average Bonchev–Trinajstić information content (AvgIpc) is 3.21. The summed E-state index contributed by atoms with van der Waals surface area (Å²) in [6.07, 6.45) is 9.71. The van der Waals surface area contributed by atoms with E-state index in [2.05, 4.69) is 27.0 Å². The Kier molecular flexibility index (Phi) is 4.80. The van der Waals surface area contributed by atoms with Crippen LogP contribution in [0.25, 0.3) is 0 Å². The Morgan fingerprint density at radius 3 is 2.81 bits per heavy atom. The lowest BCUT2D eigenvalue weighted by Gasteiger charge is -2.51. The fourth-order valence-electron chi connectivity index (χ4n) is 4.74. The van der Waals surface area contributed by atoms with Gasteiger partial charge in [-0.15, -0.1) is 0 Å². The Labute approximate surface area is 160 Å². The first-order chi connectivity index (χ1) is 13.0. The number of nitrogens with zero attached hydrogens (tertiary/aromatic N) is 4. The highest BCUT2D eigenvalue weighted by Crippen LogP contribution is 2.40. The molecule has 2 fully saturated rings. The Balaban J connectivity index is 1.52. The van der Waals surface area contributed by atoms with Crippen LogP contribution >= 0.6 is 0 Å². The molecule has 0 bridgehead atoms. The molecule has 1 aromatic heterocycles. The largest absolute Gasteiger partial charge is 0.392 e. The van der Waals surface area contributed by atoms with Crippen LogP contribution in [0.3, 0.4) is 0 Å². The molecule has 7 heteroatoms. The van der Waals surface area contributed by atoms with Crippen LogP contribution in [0, 0.1) is 18.3 Å². The van der Waals surface area contributed by atoms with Gasteiger partial charge in [0.05, 0.1) is 6.10 Å². The van der Waals surface area contributed by atoms with Gasteiger partial charge < -0.3 is 20.6 Å². The number of hydrogen-bond donors (Lipinski definition) is 2. The van der Waals surface area contributed by atoms with Gasteiger partial charge in [0, 0.05) is 49.3 Å². The number of likely N-dealkylation sites (tertiary alicyclic amines) is 1. The number of nitrogens with two attached hydrogens (primary N) is 1. The van der Waals surface area contributed by atoms with Crippen LogP contribution in [0.1, 0.15) is 37.7 Å². The molecule has 27 heavy (non-hydrogen) atoms. The van der Waals surface area contributed by atoms with Gasteiger partial charge in [-0.3, -0.25) is 4.79 Å². The van der Waals surface area contributed by atoms with Crippen molar-refractivity contribution in [2.45, 2.75) is 45.1 Å². The smallest absolute Gasteiger partial charge is 0.227 e. The van der Waals surface area contributed by atoms with Gasteiger partial charge in [-0.25, -0.2) is 4.98 Å². The number of piperidine rings is 2. The molecule has 2 aliphatic heterocycles. The second kappa shape index (κ2) is 7.11. The van der Waals surface area contributed by atoms with Crippen LogP contribution in [0.4, 0.5) is 11.8 Å².